The van der Waals surface area contributed by atoms with Gasteiger partial charge in [0.15, 0.2) is 0 Å². The van der Waals surface area contributed by atoms with Crippen molar-refractivity contribution >= 4 is 0 Å². The zero-order valence-electron chi connectivity index (χ0n) is 13.8. The fraction of sp³-hybridized carbons (Fsp3) is 0.333. The summed E-state index contributed by atoms with van der Waals surface area (Å²) in [5, 5.41) is 0. The number of hydrogen-bond acceptors (Lipinski definition) is 2. The van der Waals surface area contributed by atoms with Crippen molar-refractivity contribution in [3.8, 4) is 12.3 Å². The molecule has 4 rings (SSSR count). The zero-order chi connectivity index (χ0) is 17.4. The van der Waals surface area contributed by atoms with Crippen LogP contribution >= 0.6 is 0 Å². The van der Waals surface area contributed by atoms with Crippen LogP contribution in [0.4, 0.5) is 8.78 Å². The third-order valence-electron chi connectivity index (χ3n) is 5.28. The molecule has 128 valence electrons. The maximum atomic E-state index is 13.9. The molecule has 0 saturated carbocycles. The number of hydrogen-bond donors (Lipinski definition) is 0. The van der Waals surface area contributed by atoms with Crippen molar-refractivity contribution in [2.75, 3.05) is 19.6 Å². The van der Waals surface area contributed by atoms with Gasteiger partial charge in [-0.25, -0.2) is 8.78 Å². The van der Waals surface area contributed by atoms with Gasteiger partial charge in [0.2, 0.25) is 0 Å². The van der Waals surface area contributed by atoms with Crippen LogP contribution < -0.4 is 0 Å². The second-order valence-corrected chi connectivity index (χ2v) is 6.76. The summed E-state index contributed by atoms with van der Waals surface area (Å²) in [5.74, 6) is 2.14. The lowest BCUT2D eigenvalue weighted by Crippen LogP contribution is -2.42. The van der Waals surface area contributed by atoms with Gasteiger partial charge in [0.1, 0.15) is 17.7 Å². The highest BCUT2D eigenvalue weighted by atomic mass is 19.1. The van der Waals surface area contributed by atoms with Crippen molar-refractivity contribution in [1.29, 1.82) is 0 Å². The molecule has 1 atom stereocenters. The summed E-state index contributed by atoms with van der Waals surface area (Å²) in [6, 6.07) is 11.2. The number of piperidine rings is 1. The molecule has 0 aromatic heterocycles. The molecule has 1 unspecified atom stereocenters. The van der Waals surface area contributed by atoms with Gasteiger partial charge in [-0.3, -0.25) is 4.90 Å². The summed E-state index contributed by atoms with van der Waals surface area (Å²) >= 11 is 0. The fourth-order valence-corrected chi connectivity index (χ4v) is 3.98. The number of terminal acetylenes is 1. The second-order valence-electron chi connectivity index (χ2n) is 6.76. The maximum absolute atomic E-state index is 13.9. The van der Waals surface area contributed by atoms with Gasteiger partial charge in [0.25, 0.3) is 0 Å². The molecule has 0 aliphatic carbocycles. The molecular weight excluding hydrogens is 320 g/mol. The Morgan fingerprint density at radius 2 is 1.76 bits per heavy atom. The fourth-order valence-electron chi connectivity index (χ4n) is 3.98. The first-order valence-electron chi connectivity index (χ1n) is 8.50. The molecule has 2 aliphatic rings. The molecule has 1 fully saturated rings. The molecule has 1 spiro atoms. The number of halogens is 2. The smallest absolute Gasteiger partial charge is 0.123 e. The van der Waals surface area contributed by atoms with Crippen LogP contribution in [-0.2, 0) is 10.3 Å². The molecule has 0 radical (unpaired) electrons. The van der Waals surface area contributed by atoms with Gasteiger partial charge in [0, 0.05) is 13.1 Å². The van der Waals surface area contributed by atoms with E-state index in [1.54, 1.807) is 24.3 Å². The third-order valence-corrected chi connectivity index (χ3v) is 5.28. The van der Waals surface area contributed by atoms with Crippen LogP contribution in [-0.4, -0.2) is 24.5 Å². The van der Waals surface area contributed by atoms with E-state index in [0.717, 1.165) is 42.6 Å². The van der Waals surface area contributed by atoms with Crippen molar-refractivity contribution in [3.05, 3.63) is 70.8 Å². The van der Waals surface area contributed by atoms with Gasteiger partial charge >= 0.3 is 0 Å². The summed E-state index contributed by atoms with van der Waals surface area (Å²) in [6.07, 6.45) is 6.65. The largest absolute Gasteiger partial charge is 0.358 e. The van der Waals surface area contributed by atoms with Gasteiger partial charge < -0.3 is 4.74 Å². The summed E-state index contributed by atoms with van der Waals surface area (Å²) in [4.78, 5) is 2.21. The molecule has 0 bridgehead atoms. The highest BCUT2D eigenvalue weighted by molar-refractivity contribution is 5.44. The molecule has 0 amide bonds. The normalized spacial score (nSPS) is 21.9. The highest BCUT2D eigenvalue weighted by Gasteiger charge is 2.47. The monoisotopic (exact) mass is 339 g/mol. The lowest BCUT2D eigenvalue weighted by atomic mass is 9.83. The summed E-state index contributed by atoms with van der Waals surface area (Å²) < 4.78 is 33.7. The summed E-state index contributed by atoms with van der Waals surface area (Å²) in [7, 11) is 0. The first kappa shape index (κ1) is 16.3. The number of ether oxygens (including phenoxy) is 1. The molecular formula is C21H19F2NO. The van der Waals surface area contributed by atoms with E-state index in [1.165, 1.54) is 18.2 Å². The average Bonchev–Trinajstić information content (AvgIpc) is 2.92. The highest BCUT2D eigenvalue weighted by Crippen LogP contribution is 2.51. The van der Waals surface area contributed by atoms with Crippen LogP contribution in [0.3, 0.4) is 0 Å². The van der Waals surface area contributed by atoms with E-state index in [2.05, 4.69) is 10.8 Å². The van der Waals surface area contributed by atoms with Gasteiger partial charge in [-0.1, -0.05) is 24.1 Å². The minimum absolute atomic E-state index is 0.257. The Morgan fingerprint density at radius 3 is 2.44 bits per heavy atom. The lowest BCUT2D eigenvalue weighted by molar-refractivity contribution is -0.0955. The zero-order valence-corrected chi connectivity index (χ0v) is 13.8. The molecule has 4 heteroatoms. The van der Waals surface area contributed by atoms with Crippen molar-refractivity contribution < 1.29 is 13.5 Å². The second kappa shape index (κ2) is 6.25. The van der Waals surface area contributed by atoms with Gasteiger partial charge in [-0.15, -0.1) is 6.42 Å². The van der Waals surface area contributed by atoms with Crippen LogP contribution in [0.15, 0.2) is 42.5 Å². The van der Waals surface area contributed by atoms with Gasteiger partial charge in [-0.05, 0) is 53.8 Å². The standard InChI is InChI=1S/C21H19F2NO/c1-2-11-24-12-9-21(10-13-24)19-14-17(23)7-8-18(19)20(25-21)15-3-5-16(22)6-4-15/h1,3-8,14,20H,9-13H2. The Labute approximate surface area is 146 Å². The van der Waals surface area contributed by atoms with Crippen LogP contribution in [0.2, 0.25) is 0 Å². The number of likely N-dealkylation sites (tertiary alicyclic amines) is 1. The number of nitrogens with zero attached hydrogens (tertiary/aromatic N) is 1. The molecule has 1 saturated heterocycles. The average molecular weight is 339 g/mol. The lowest BCUT2D eigenvalue weighted by Gasteiger charge is -2.39. The van der Waals surface area contributed by atoms with Gasteiger partial charge in [-0.2, -0.15) is 0 Å². The molecule has 25 heavy (non-hydrogen) atoms. The third kappa shape index (κ3) is 2.84. The van der Waals surface area contributed by atoms with E-state index in [1.807, 2.05) is 0 Å². The number of fused-ring (bicyclic) bond motifs is 2. The van der Waals surface area contributed by atoms with Crippen molar-refractivity contribution in [3.63, 3.8) is 0 Å². The SMILES string of the molecule is C#CCN1CCC2(CC1)OC(c1ccc(F)cc1)c1ccc(F)cc12. The van der Waals surface area contributed by atoms with Crippen LogP contribution in [0.25, 0.3) is 0 Å². The Hall–Kier alpha value is -2.22. The predicted octanol–water partition coefficient (Wildman–Crippen LogP) is 4.01. The van der Waals surface area contributed by atoms with Gasteiger partial charge in [0.05, 0.1) is 12.1 Å². The van der Waals surface area contributed by atoms with Crippen LogP contribution in [0, 0.1) is 24.0 Å². The Kier molecular flexibility index (Phi) is 4.07. The first-order chi connectivity index (χ1) is 12.1. The van der Waals surface area contributed by atoms with Crippen LogP contribution in [0.1, 0.15) is 35.6 Å². The van der Waals surface area contributed by atoms with E-state index in [0.29, 0.717) is 6.54 Å². The van der Waals surface area contributed by atoms with Crippen molar-refractivity contribution in [1.82, 2.24) is 4.90 Å². The maximum Gasteiger partial charge on any atom is 0.123 e. The summed E-state index contributed by atoms with van der Waals surface area (Å²) in [5.41, 5.74) is 2.28. The van der Waals surface area contributed by atoms with E-state index in [-0.39, 0.29) is 17.7 Å². The van der Waals surface area contributed by atoms with E-state index in [4.69, 9.17) is 11.2 Å². The molecule has 2 aliphatic heterocycles. The topological polar surface area (TPSA) is 12.5 Å². The van der Waals surface area contributed by atoms with Crippen molar-refractivity contribution in [2.45, 2.75) is 24.5 Å². The molecule has 0 N–H and O–H groups in total. The Balaban J connectivity index is 1.70. The van der Waals surface area contributed by atoms with E-state index >= 15 is 0 Å². The predicted molar refractivity (Wildman–Crippen MR) is 91.9 cm³/mol. The Bertz CT molecular complexity index is 817. The molecule has 2 heterocycles. The first-order valence-corrected chi connectivity index (χ1v) is 8.50. The number of rotatable bonds is 2. The number of benzene rings is 2. The minimum atomic E-state index is -0.498. The minimum Gasteiger partial charge on any atom is -0.358 e. The van der Waals surface area contributed by atoms with Crippen LogP contribution in [0.5, 0.6) is 0 Å². The van der Waals surface area contributed by atoms with E-state index < -0.39 is 5.60 Å². The van der Waals surface area contributed by atoms with Crippen molar-refractivity contribution in [2.24, 2.45) is 0 Å². The van der Waals surface area contributed by atoms with E-state index in [9.17, 15) is 8.78 Å². The molecule has 2 aromatic carbocycles. The molecule has 2 nitrogen and oxygen atoms in total. The summed E-state index contributed by atoms with van der Waals surface area (Å²) in [6.45, 7) is 2.25. The Morgan fingerprint density at radius 1 is 1.08 bits per heavy atom. The molecule has 2 aromatic rings. The quantitative estimate of drug-likeness (QED) is 0.767.